The highest BCUT2D eigenvalue weighted by molar-refractivity contribution is 9.10. The van der Waals surface area contributed by atoms with Crippen LogP contribution in [-0.4, -0.2) is 9.55 Å². The lowest BCUT2D eigenvalue weighted by Crippen LogP contribution is -2.21. The van der Waals surface area contributed by atoms with Crippen LogP contribution >= 0.6 is 15.9 Å². The van der Waals surface area contributed by atoms with Crippen LogP contribution in [0.4, 0.5) is 0 Å². The standard InChI is InChI=1S/C14H15BrN2O2/c1-3-7-17-8-6-16-13(14(17)18)19-12-5-4-11(15)9-10(12)2/h4-6,8-9H,3,7H2,1-2H3. The van der Waals surface area contributed by atoms with E-state index in [-0.39, 0.29) is 11.4 Å². The molecule has 0 aliphatic heterocycles. The lowest BCUT2D eigenvalue weighted by atomic mass is 10.2. The second kappa shape index (κ2) is 6.02. The number of hydrogen-bond donors (Lipinski definition) is 0. The number of rotatable bonds is 4. The Morgan fingerprint density at radius 3 is 2.89 bits per heavy atom. The molecule has 1 aromatic heterocycles. The first-order chi connectivity index (χ1) is 9.11. The Morgan fingerprint density at radius 1 is 1.42 bits per heavy atom. The Morgan fingerprint density at radius 2 is 2.21 bits per heavy atom. The van der Waals surface area contributed by atoms with Crippen molar-refractivity contribution in [2.24, 2.45) is 0 Å². The van der Waals surface area contributed by atoms with E-state index in [1.807, 2.05) is 32.0 Å². The number of aryl methyl sites for hydroxylation is 2. The number of nitrogens with zero attached hydrogens (tertiary/aromatic N) is 2. The minimum Gasteiger partial charge on any atom is -0.434 e. The van der Waals surface area contributed by atoms with Gasteiger partial charge in [-0.1, -0.05) is 22.9 Å². The molecule has 5 heteroatoms. The highest BCUT2D eigenvalue weighted by Gasteiger charge is 2.08. The van der Waals surface area contributed by atoms with Crippen molar-refractivity contribution >= 4 is 15.9 Å². The Labute approximate surface area is 120 Å². The molecule has 0 aliphatic rings. The molecular formula is C14H15BrN2O2. The molecule has 0 saturated carbocycles. The van der Waals surface area contributed by atoms with Crippen LogP contribution in [0.25, 0.3) is 0 Å². The lowest BCUT2D eigenvalue weighted by molar-refractivity contribution is 0.440. The molecule has 19 heavy (non-hydrogen) atoms. The summed E-state index contributed by atoms with van der Waals surface area (Å²) in [5.74, 6) is 0.753. The van der Waals surface area contributed by atoms with Crippen LogP contribution in [0.2, 0.25) is 0 Å². The van der Waals surface area contributed by atoms with Crippen molar-refractivity contribution in [1.29, 1.82) is 0 Å². The summed E-state index contributed by atoms with van der Waals surface area (Å²) in [5, 5.41) is 0. The largest absolute Gasteiger partial charge is 0.434 e. The molecule has 0 bridgehead atoms. The van der Waals surface area contributed by atoms with E-state index in [2.05, 4.69) is 20.9 Å². The SMILES string of the molecule is CCCn1ccnc(Oc2ccc(Br)cc2C)c1=O. The van der Waals surface area contributed by atoms with Gasteiger partial charge >= 0.3 is 5.56 Å². The molecule has 0 saturated heterocycles. The van der Waals surface area contributed by atoms with Gasteiger partial charge in [0.1, 0.15) is 5.75 Å². The van der Waals surface area contributed by atoms with Gasteiger partial charge < -0.3 is 9.30 Å². The summed E-state index contributed by atoms with van der Waals surface area (Å²) in [6.07, 6.45) is 4.15. The van der Waals surface area contributed by atoms with Gasteiger partial charge in [-0.05, 0) is 37.1 Å². The molecule has 0 spiro atoms. The Bertz CT molecular complexity index is 638. The van der Waals surface area contributed by atoms with Crippen molar-refractivity contribution in [1.82, 2.24) is 9.55 Å². The first-order valence-corrected chi connectivity index (χ1v) is 6.90. The van der Waals surface area contributed by atoms with Crippen LogP contribution in [0, 0.1) is 6.92 Å². The quantitative estimate of drug-likeness (QED) is 0.865. The van der Waals surface area contributed by atoms with Gasteiger partial charge in [-0.3, -0.25) is 4.79 Å². The fourth-order valence-electron chi connectivity index (χ4n) is 1.75. The molecule has 0 aliphatic carbocycles. The predicted octanol–water partition coefficient (Wildman–Crippen LogP) is 3.52. The predicted molar refractivity (Wildman–Crippen MR) is 77.7 cm³/mol. The fourth-order valence-corrected chi connectivity index (χ4v) is 2.22. The van der Waals surface area contributed by atoms with Gasteiger partial charge in [-0.15, -0.1) is 0 Å². The van der Waals surface area contributed by atoms with Gasteiger partial charge in [-0.25, -0.2) is 4.98 Å². The zero-order valence-electron chi connectivity index (χ0n) is 10.9. The molecule has 2 aromatic rings. The number of benzene rings is 1. The summed E-state index contributed by atoms with van der Waals surface area (Å²) in [6.45, 7) is 4.61. The van der Waals surface area contributed by atoms with E-state index >= 15 is 0 Å². The number of hydrogen-bond acceptors (Lipinski definition) is 3. The van der Waals surface area contributed by atoms with Crippen molar-refractivity contribution in [3.63, 3.8) is 0 Å². The first kappa shape index (κ1) is 13.8. The zero-order valence-corrected chi connectivity index (χ0v) is 12.5. The van der Waals surface area contributed by atoms with Crippen molar-refractivity contribution in [2.75, 3.05) is 0 Å². The van der Waals surface area contributed by atoms with E-state index in [1.165, 1.54) is 0 Å². The van der Waals surface area contributed by atoms with E-state index < -0.39 is 0 Å². The van der Waals surface area contributed by atoms with Crippen LogP contribution in [0.5, 0.6) is 11.6 Å². The minimum absolute atomic E-state index is 0.112. The minimum atomic E-state index is -0.202. The van der Waals surface area contributed by atoms with Gasteiger partial charge in [0, 0.05) is 23.4 Å². The van der Waals surface area contributed by atoms with E-state index in [1.54, 1.807) is 17.0 Å². The third-order valence-electron chi connectivity index (χ3n) is 2.69. The normalized spacial score (nSPS) is 10.5. The molecule has 2 rings (SSSR count). The maximum Gasteiger partial charge on any atom is 0.313 e. The summed E-state index contributed by atoms with van der Waals surface area (Å²) < 4.78 is 8.20. The molecular weight excluding hydrogens is 308 g/mol. The molecule has 100 valence electrons. The van der Waals surface area contributed by atoms with Gasteiger partial charge in [0.05, 0.1) is 0 Å². The summed E-state index contributed by atoms with van der Waals surface area (Å²) >= 11 is 3.39. The summed E-state index contributed by atoms with van der Waals surface area (Å²) in [6, 6.07) is 5.62. The van der Waals surface area contributed by atoms with Crippen molar-refractivity contribution in [2.45, 2.75) is 26.8 Å². The van der Waals surface area contributed by atoms with E-state index in [9.17, 15) is 4.79 Å². The maximum atomic E-state index is 12.1. The molecule has 0 amide bonds. The van der Waals surface area contributed by atoms with Crippen LogP contribution < -0.4 is 10.3 Å². The van der Waals surface area contributed by atoms with Crippen molar-refractivity contribution in [3.8, 4) is 11.6 Å². The molecule has 4 nitrogen and oxygen atoms in total. The Balaban J connectivity index is 2.33. The van der Waals surface area contributed by atoms with Gasteiger partial charge in [0.25, 0.3) is 5.88 Å². The third-order valence-corrected chi connectivity index (χ3v) is 3.18. The van der Waals surface area contributed by atoms with Crippen molar-refractivity contribution in [3.05, 3.63) is 51.0 Å². The Hall–Kier alpha value is -1.62. The first-order valence-electron chi connectivity index (χ1n) is 6.11. The molecule has 1 heterocycles. The smallest absolute Gasteiger partial charge is 0.313 e. The van der Waals surface area contributed by atoms with Gasteiger partial charge in [0.15, 0.2) is 0 Å². The molecule has 0 atom stereocenters. The molecule has 0 N–H and O–H groups in total. The van der Waals surface area contributed by atoms with Crippen molar-refractivity contribution < 1.29 is 4.74 Å². The van der Waals surface area contributed by atoms with Crippen LogP contribution in [-0.2, 0) is 6.54 Å². The molecule has 1 aromatic carbocycles. The summed E-state index contributed by atoms with van der Waals surface area (Å²) in [4.78, 5) is 16.1. The maximum absolute atomic E-state index is 12.1. The highest BCUT2D eigenvalue weighted by atomic mass is 79.9. The number of aromatic nitrogens is 2. The lowest BCUT2D eigenvalue weighted by Gasteiger charge is -2.09. The monoisotopic (exact) mass is 322 g/mol. The van der Waals surface area contributed by atoms with Crippen LogP contribution in [0.1, 0.15) is 18.9 Å². The second-order valence-corrected chi connectivity index (χ2v) is 5.16. The third kappa shape index (κ3) is 3.23. The average Bonchev–Trinajstić information content (AvgIpc) is 2.37. The average molecular weight is 323 g/mol. The summed E-state index contributed by atoms with van der Waals surface area (Å²) in [5.41, 5.74) is 0.744. The molecule has 0 radical (unpaired) electrons. The van der Waals surface area contributed by atoms with E-state index in [0.717, 1.165) is 16.5 Å². The highest BCUT2D eigenvalue weighted by Crippen LogP contribution is 2.24. The Kier molecular flexibility index (Phi) is 4.37. The summed E-state index contributed by atoms with van der Waals surface area (Å²) in [7, 11) is 0. The van der Waals surface area contributed by atoms with E-state index in [0.29, 0.717) is 12.3 Å². The van der Waals surface area contributed by atoms with Crippen LogP contribution in [0.15, 0.2) is 39.9 Å². The molecule has 0 unspecified atom stereocenters. The molecule has 0 fully saturated rings. The number of halogens is 1. The zero-order chi connectivity index (χ0) is 13.8. The topological polar surface area (TPSA) is 44.1 Å². The fraction of sp³-hybridized carbons (Fsp3) is 0.286. The second-order valence-electron chi connectivity index (χ2n) is 4.24. The van der Waals surface area contributed by atoms with Gasteiger partial charge in [0.2, 0.25) is 0 Å². The van der Waals surface area contributed by atoms with Gasteiger partial charge in [-0.2, -0.15) is 0 Å². The van der Waals surface area contributed by atoms with Crippen LogP contribution in [0.3, 0.4) is 0 Å². The van der Waals surface area contributed by atoms with E-state index in [4.69, 9.17) is 4.74 Å². The number of ether oxygens (including phenoxy) is 1.